The van der Waals surface area contributed by atoms with Gasteiger partial charge < -0.3 is 4.65 Å². The minimum Gasteiger partial charge on any atom is -0.431 e. The smallest absolute Gasteiger partial charge is 0.318 e. The van der Waals surface area contributed by atoms with Crippen LogP contribution < -0.4 is 0 Å². The van der Waals surface area contributed by atoms with E-state index < -0.39 is 0 Å². The molecule has 0 aliphatic carbocycles. The normalized spacial score (nSPS) is 20.8. The Morgan fingerprint density at radius 1 is 1.50 bits per heavy atom. The molecule has 0 unspecified atom stereocenters. The fourth-order valence-corrected chi connectivity index (χ4v) is 0.952. The molecular formula is C6H11BO. The average molecular weight is 110 g/mol. The van der Waals surface area contributed by atoms with Crippen molar-refractivity contribution in [2.24, 2.45) is 0 Å². The molecule has 1 nitrogen and oxygen atoms in total. The van der Waals surface area contributed by atoms with E-state index in [2.05, 4.69) is 6.58 Å². The Labute approximate surface area is 50.8 Å². The summed E-state index contributed by atoms with van der Waals surface area (Å²) in [6.45, 7) is 4.94. The third kappa shape index (κ3) is 1.37. The Bertz CT molecular complexity index is 76.6. The first-order chi connectivity index (χ1) is 3.93. The summed E-state index contributed by atoms with van der Waals surface area (Å²) in [6.07, 6.45) is 3.70. The Kier molecular flexibility index (Phi) is 2.16. The van der Waals surface area contributed by atoms with Gasteiger partial charge in [-0.25, -0.2) is 0 Å². The highest BCUT2D eigenvalue weighted by atomic mass is 16.4. The Balaban J connectivity index is 2.22. The van der Waals surface area contributed by atoms with Crippen molar-refractivity contribution in [3.63, 3.8) is 0 Å². The first kappa shape index (κ1) is 5.89. The topological polar surface area (TPSA) is 9.23 Å². The second-order valence-electron chi connectivity index (χ2n) is 2.14. The zero-order chi connectivity index (χ0) is 5.82. The van der Waals surface area contributed by atoms with Crippen LogP contribution in [-0.4, -0.2) is 13.5 Å². The summed E-state index contributed by atoms with van der Waals surface area (Å²) in [5.41, 5.74) is 0. The highest BCUT2D eigenvalue weighted by Crippen LogP contribution is 2.10. The van der Waals surface area contributed by atoms with Crippen LogP contribution in [-0.2, 0) is 4.65 Å². The number of hydrogen-bond acceptors (Lipinski definition) is 1. The first-order valence-electron chi connectivity index (χ1n) is 3.17. The molecule has 0 amide bonds. The highest BCUT2D eigenvalue weighted by Gasteiger charge is 2.13. The zero-order valence-electron chi connectivity index (χ0n) is 5.10. The molecule has 0 radical (unpaired) electrons. The van der Waals surface area contributed by atoms with Crippen molar-refractivity contribution in [3.05, 3.63) is 12.6 Å². The lowest BCUT2D eigenvalue weighted by Gasteiger charge is -2.15. The minimum absolute atomic E-state index is 0.351. The third-order valence-electron chi connectivity index (χ3n) is 1.48. The highest BCUT2D eigenvalue weighted by molar-refractivity contribution is 6.57. The lowest BCUT2D eigenvalue weighted by atomic mass is 9.62. The molecule has 0 spiro atoms. The molecule has 2 heteroatoms. The quantitative estimate of drug-likeness (QED) is 0.465. The Morgan fingerprint density at radius 2 is 2.38 bits per heavy atom. The van der Waals surface area contributed by atoms with Crippen LogP contribution in [0.1, 0.15) is 12.8 Å². The SMILES string of the molecule is C=CB1CCCCO1. The van der Waals surface area contributed by atoms with E-state index in [0.717, 1.165) is 6.61 Å². The molecule has 44 valence electrons. The molecule has 8 heavy (non-hydrogen) atoms. The van der Waals surface area contributed by atoms with Gasteiger partial charge in [-0.1, -0.05) is 12.4 Å². The second kappa shape index (κ2) is 2.93. The van der Waals surface area contributed by atoms with Crippen LogP contribution in [0.15, 0.2) is 12.6 Å². The van der Waals surface area contributed by atoms with E-state index in [-0.39, 0.29) is 0 Å². The average Bonchev–Trinajstić information content (AvgIpc) is 1.90. The van der Waals surface area contributed by atoms with Gasteiger partial charge in [0, 0.05) is 6.61 Å². The summed E-state index contributed by atoms with van der Waals surface area (Å²) < 4.78 is 5.31. The molecule has 1 fully saturated rings. The van der Waals surface area contributed by atoms with Gasteiger partial charge in [-0.15, -0.1) is 6.58 Å². The monoisotopic (exact) mass is 110 g/mol. The van der Waals surface area contributed by atoms with Gasteiger partial charge in [-0.3, -0.25) is 0 Å². The fourth-order valence-electron chi connectivity index (χ4n) is 0.952. The number of hydrogen-bond donors (Lipinski definition) is 0. The predicted molar refractivity (Wildman–Crippen MR) is 35.9 cm³/mol. The standard InChI is InChI=1S/C6H11BO/c1-2-7-5-3-4-6-8-7/h2H,1,3-6H2. The number of rotatable bonds is 1. The van der Waals surface area contributed by atoms with E-state index in [1.807, 2.05) is 5.98 Å². The molecule has 1 rings (SSSR count). The molecular weight excluding hydrogens is 98.9 g/mol. The van der Waals surface area contributed by atoms with Crippen LogP contribution >= 0.6 is 0 Å². The van der Waals surface area contributed by atoms with E-state index in [1.165, 1.54) is 19.2 Å². The first-order valence-corrected chi connectivity index (χ1v) is 3.17. The van der Waals surface area contributed by atoms with Gasteiger partial charge in [0.2, 0.25) is 0 Å². The summed E-state index contributed by atoms with van der Waals surface area (Å²) in [4.78, 5) is 0. The molecule has 1 aliphatic heterocycles. The van der Waals surface area contributed by atoms with Crippen LogP contribution in [0, 0.1) is 0 Å². The van der Waals surface area contributed by atoms with E-state index >= 15 is 0 Å². The van der Waals surface area contributed by atoms with E-state index in [1.54, 1.807) is 0 Å². The summed E-state index contributed by atoms with van der Waals surface area (Å²) in [7, 11) is 0. The van der Waals surface area contributed by atoms with Crippen LogP contribution in [0.4, 0.5) is 0 Å². The van der Waals surface area contributed by atoms with E-state index in [0.29, 0.717) is 6.92 Å². The molecule has 0 saturated carbocycles. The van der Waals surface area contributed by atoms with Gasteiger partial charge >= 0.3 is 6.92 Å². The molecule has 0 atom stereocenters. The molecule has 0 aromatic carbocycles. The van der Waals surface area contributed by atoms with E-state index in [4.69, 9.17) is 4.65 Å². The van der Waals surface area contributed by atoms with Crippen molar-refractivity contribution < 1.29 is 4.65 Å². The summed E-state index contributed by atoms with van der Waals surface area (Å²) in [5, 5.41) is 0. The Hall–Kier alpha value is -0.235. The molecule has 0 N–H and O–H groups in total. The van der Waals surface area contributed by atoms with Crippen molar-refractivity contribution >= 4 is 6.92 Å². The lowest BCUT2D eigenvalue weighted by molar-refractivity contribution is 0.294. The third-order valence-corrected chi connectivity index (χ3v) is 1.48. The van der Waals surface area contributed by atoms with E-state index in [9.17, 15) is 0 Å². The van der Waals surface area contributed by atoms with Crippen molar-refractivity contribution in [1.29, 1.82) is 0 Å². The van der Waals surface area contributed by atoms with Gasteiger partial charge in [-0.05, 0) is 12.7 Å². The van der Waals surface area contributed by atoms with Gasteiger partial charge in [0.1, 0.15) is 0 Å². The maximum Gasteiger partial charge on any atom is 0.318 e. The maximum atomic E-state index is 5.31. The Morgan fingerprint density at radius 3 is 2.75 bits per heavy atom. The summed E-state index contributed by atoms with van der Waals surface area (Å²) >= 11 is 0. The predicted octanol–water partition coefficient (Wildman–Crippen LogP) is 1.51. The molecule has 1 aliphatic rings. The van der Waals surface area contributed by atoms with Crippen molar-refractivity contribution in [2.75, 3.05) is 6.61 Å². The molecule has 1 saturated heterocycles. The largest absolute Gasteiger partial charge is 0.431 e. The van der Waals surface area contributed by atoms with Crippen LogP contribution in [0.5, 0.6) is 0 Å². The molecule has 0 bridgehead atoms. The van der Waals surface area contributed by atoms with Crippen molar-refractivity contribution in [3.8, 4) is 0 Å². The minimum atomic E-state index is 0.351. The molecule has 1 heterocycles. The maximum absolute atomic E-state index is 5.31. The fraction of sp³-hybridized carbons (Fsp3) is 0.667. The summed E-state index contributed by atoms with van der Waals surface area (Å²) in [6, 6.07) is 0. The van der Waals surface area contributed by atoms with Crippen molar-refractivity contribution in [1.82, 2.24) is 0 Å². The molecule has 0 aromatic rings. The van der Waals surface area contributed by atoms with Gasteiger partial charge in [-0.2, -0.15) is 0 Å². The second-order valence-corrected chi connectivity index (χ2v) is 2.14. The zero-order valence-corrected chi connectivity index (χ0v) is 5.10. The lowest BCUT2D eigenvalue weighted by Crippen LogP contribution is -2.20. The van der Waals surface area contributed by atoms with Crippen LogP contribution in [0.2, 0.25) is 6.32 Å². The van der Waals surface area contributed by atoms with Gasteiger partial charge in [0.25, 0.3) is 0 Å². The van der Waals surface area contributed by atoms with Crippen molar-refractivity contribution in [2.45, 2.75) is 19.2 Å². The van der Waals surface area contributed by atoms with Crippen LogP contribution in [0.25, 0.3) is 0 Å². The van der Waals surface area contributed by atoms with Crippen LogP contribution in [0.3, 0.4) is 0 Å². The van der Waals surface area contributed by atoms with Gasteiger partial charge in [0.15, 0.2) is 0 Å². The molecule has 0 aromatic heterocycles. The summed E-state index contributed by atoms with van der Waals surface area (Å²) in [5.74, 6) is 1.89. The van der Waals surface area contributed by atoms with Gasteiger partial charge in [0.05, 0.1) is 0 Å².